The van der Waals surface area contributed by atoms with Gasteiger partial charge in [0.15, 0.2) is 9.84 Å². The molecule has 0 heterocycles. The van der Waals surface area contributed by atoms with Crippen molar-refractivity contribution in [2.45, 2.75) is 32.1 Å². The molecule has 0 unspecified atom stereocenters. The summed E-state index contributed by atoms with van der Waals surface area (Å²) in [6, 6.07) is 7.00. The van der Waals surface area contributed by atoms with Crippen LogP contribution in [0, 0.1) is 6.92 Å². The third-order valence-corrected chi connectivity index (χ3v) is 4.36. The van der Waals surface area contributed by atoms with Gasteiger partial charge in [0.25, 0.3) is 0 Å². The average molecular weight is 238 g/mol. The zero-order valence-electron chi connectivity index (χ0n) is 10.0. The lowest BCUT2D eigenvalue weighted by Gasteiger charge is -2.06. The monoisotopic (exact) mass is 238 g/mol. The van der Waals surface area contributed by atoms with Crippen molar-refractivity contribution in [3.05, 3.63) is 41.5 Å². The lowest BCUT2D eigenvalue weighted by Crippen LogP contribution is -2.08. The molecule has 0 bridgehead atoms. The van der Waals surface area contributed by atoms with Crippen LogP contribution in [0.15, 0.2) is 40.8 Å². The molecule has 1 rings (SSSR count). The molecule has 16 heavy (non-hydrogen) atoms. The number of hydrogen-bond donors (Lipinski definition) is 0. The Morgan fingerprint density at radius 3 is 2.25 bits per heavy atom. The highest BCUT2D eigenvalue weighted by Gasteiger charge is 2.15. The smallest absolute Gasteiger partial charge is 0.182 e. The van der Waals surface area contributed by atoms with Crippen LogP contribution in [-0.4, -0.2) is 14.2 Å². The maximum Gasteiger partial charge on any atom is 0.182 e. The second kappa shape index (κ2) is 5.30. The van der Waals surface area contributed by atoms with Crippen molar-refractivity contribution in [3.8, 4) is 0 Å². The lowest BCUT2D eigenvalue weighted by molar-refractivity contribution is 0.597. The van der Waals surface area contributed by atoms with Crippen LogP contribution >= 0.6 is 0 Å². The largest absolute Gasteiger partial charge is 0.223 e. The second-order valence-electron chi connectivity index (χ2n) is 3.87. The number of allylic oxidation sites excluding steroid dienone is 1. The summed E-state index contributed by atoms with van der Waals surface area (Å²) in [5, 5.41) is 0. The highest BCUT2D eigenvalue weighted by molar-refractivity contribution is 7.91. The van der Waals surface area contributed by atoms with Gasteiger partial charge in [0.2, 0.25) is 0 Å². The molecule has 0 fully saturated rings. The summed E-state index contributed by atoms with van der Waals surface area (Å²) >= 11 is 0. The first-order valence-corrected chi connectivity index (χ1v) is 7.08. The van der Waals surface area contributed by atoms with E-state index in [0.29, 0.717) is 4.90 Å². The Labute approximate surface area is 97.9 Å². The number of rotatable bonds is 4. The van der Waals surface area contributed by atoms with E-state index < -0.39 is 9.84 Å². The lowest BCUT2D eigenvalue weighted by atomic mass is 10.2. The highest BCUT2D eigenvalue weighted by atomic mass is 32.2. The molecule has 0 spiro atoms. The van der Waals surface area contributed by atoms with Crippen molar-refractivity contribution in [2.24, 2.45) is 0 Å². The van der Waals surface area contributed by atoms with Gasteiger partial charge in [-0.15, -0.1) is 0 Å². The van der Waals surface area contributed by atoms with Crippen LogP contribution in [0.5, 0.6) is 0 Å². The van der Waals surface area contributed by atoms with Gasteiger partial charge in [-0.2, -0.15) is 0 Å². The van der Waals surface area contributed by atoms with E-state index in [1.807, 2.05) is 39.0 Å². The summed E-state index contributed by atoms with van der Waals surface area (Å²) in [4.78, 5) is 0.408. The molecule has 2 nitrogen and oxygen atoms in total. The Bertz CT molecular complexity index is 467. The summed E-state index contributed by atoms with van der Waals surface area (Å²) in [5.41, 5.74) is 2.03. The number of sulfone groups is 1. The van der Waals surface area contributed by atoms with Crippen LogP contribution in [0.2, 0.25) is 0 Å². The van der Waals surface area contributed by atoms with E-state index in [9.17, 15) is 8.42 Å². The maximum atomic E-state index is 12.0. The van der Waals surface area contributed by atoms with Crippen molar-refractivity contribution in [1.82, 2.24) is 0 Å². The van der Waals surface area contributed by atoms with E-state index in [2.05, 4.69) is 0 Å². The van der Waals surface area contributed by atoms with Crippen LogP contribution in [0.1, 0.15) is 25.8 Å². The minimum absolute atomic E-state index is 0.128. The molecule has 0 saturated heterocycles. The van der Waals surface area contributed by atoms with Crippen molar-refractivity contribution >= 4 is 9.84 Å². The van der Waals surface area contributed by atoms with E-state index >= 15 is 0 Å². The molecule has 0 atom stereocenters. The first kappa shape index (κ1) is 13.0. The van der Waals surface area contributed by atoms with Crippen LogP contribution in [0.25, 0.3) is 0 Å². The zero-order chi connectivity index (χ0) is 12.2. The van der Waals surface area contributed by atoms with Crippen LogP contribution in [0.3, 0.4) is 0 Å². The third kappa shape index (κ3) is 3.20. The molecule has 1 aromatic carbocycles. The van der Waals surface area contributed by atoms with E-state index in [4.69, 9.17) is 0 Å². The van der Waals surface area contributed by atoms with Crippen molar-refractivity contribution in [1.29, 1.82) is 0 Å². The molecule has 3 heteroatoms. The Kier molecular flexibility index (Phi) is 4.30. The van der Waals surface area contributed by atoms with E-state index in [0.717, 1.165) is 17.6 Å². The van der Waals surface area contributed by atoms with Gasteiger partial charge in [-0.05, 0) is 32.4 Å². The Hall–Kier alpha value is -1.09. The topological polar surface area (TPSA) is 34.1 Å². The summed E-state index contributed by atoms with van der Waals surface area (Å²) in [6.45, 7) is 5.79. The first-order chi connectivity index (χ1) is 7.49. The standard InChI is InChI=1S/C13H18O2S/c1-4-12(5-2)10-16(14,15)13-8-6-11(3)7-9-13/h4,6-9H,5,10H2,1-3H3/b12-4+. The van der Waals surface area contributed by atoms with Gasteiger partial charge in [-0.3, -0.25) is 0 Å². The average Bonchev–Trinajstić information content (AvgIpc) is 2.26. The predicted molar refractivity (Wildman–Crippen MR) is 67.3 cm³/mol. The maximum absolute atomic E-state index is 12.0. The van der Waals surface area contributed by atoms with Gasteiger partial charge in [-0.25, -0.2) is 8.42 Å². The summed E-state index contributed by atoms with van der Waals surface area (Å²) in [7, 11) is -3.17. The normalized spacial score (nSPS) is 12.8. The SMILES string of the molecule is C/C=C(\CC)CS(=O)(=O)c1ccc(C)cc1. The van der Waals surface area contributed by atoms with Gasteiger partial charge < -0.3 is 0 Å². The van der Waals surface area contributed by atoms with Gasteiger partial charge in [0.05, 0.1) is 10.6 Å². The van der Waals surface area contributed by atoms with Crippen molar-refractivity contribution < 1.29 is 8.42 Å². The van der Waals surface area contributed by atoms with Crippen molar-refractivity contribution in [2.75, 3.05) is 5.75 Å². The Morgan fingerprint density at radius 2 is 1.81 bits per heavy atom. The van der Waals surface area contributed by atoms with Gasteiger partial charge in [0, 0.05) is 0 Å². The molecule has 88 valence electrons. The molecular formula is C13H18O2S. The number of hydrogen-bond acceptors (Lipinski definition) is 2. The fraction of sp³-hybridized carbons (Fsp3) is 0.385. The van der Waals surface area contributed by atoms with Crippen molar-refractivity contribution in [3.63, 3.8) is 0 Å². The highest BCUT2D eigenvalue weighted by Crippen LogP contribution is 2.16. The molecule has 0 aliphatic heterocycles. The first-order valence-electron chi connectivity index (χ1n) is 5.43. The fourth-order valence-corrected chi connectivity index (χ4v) is 3.04. The van der Waals surface area contributed by atoms with Gasteiger partial charge in [-0.1, -0.05) is 36.3 Å². The van der Waals surface area contributed by atoms with Crippen LogP contribution in [0.4, 0.5) is 0 Å². The van der Waals surface area contributed by atoms with Crippen LogP contribution < -0.4 is 0 Å². The van der Waals surface area contributed by atoms with Crippen LogP contribution in [-0.2, 0) is 9.84 Å². The minimum atomic E-state index is -3.17. The Balaban J connectivity index is 2.99. The zero-order valence-corrected chi connectivity index (χ0v) is 10.8. The molecule has 0 saturated carbocycles. The van der Waals surface area contributed by atoms with E-state index in [1.54, 1.807) is 12.1 Å². The second-order valence-corrected chi connectivity index (χ2v) is 5.86. The molecule has 0 amide bonds. The molecule has 0 aliphatic rings. The van der Waals surface area contributed by atoms with E-state index in [-0.39, 0.29) is 5.75 Å². The molecule has 0 N–H and O–H groups in total. The third-order valence-electron chi connectivity index (χ3n) is 2.62. The summed E-state index contributed by atoms with van der Waals surface area (Å²) in [6.07, 6.45) is 2.66. The van der Waals surface area contributed by atoms with Gasteiger partial charge >= 0.3 is 0 Å². The van der Waals surface area contributed by atoms with Gasteiger partial charge in [0.1, 0.15) is 0 Å². The Morgan fingerprint density at radius 1 is 1.25 bits per heavy atom. The molecule has 0 aromatic heterocycles. The molecule has 0 aliphatic carbocycles. The summed E-state index contributed by atoms with van der Waals surface area (Å²) in [5.74, 6) is 0.128. The number of aryl methyl sites for hydroxylation is 1. The fourth-order valence-electron chi connectivity index (χ4n) is 1.46. The quantitative estimate of drug-likeness (QED) is 0.755. The molecule has 0 radical (unpaired) electrons. The molecular weight excluding hydrogens is 220 g/mol. The molecule has 1 aromatic rings. The summed E-state index contributed by atoms with van der Waals surface area (Å²) < 4.78 is 24.1. The van der Waals surface area contributed by atoms with E-state index in [1.165, 1.54) is 0 Å². The predicted octanol–water partition coefficient (Wildman–Crippen LogP) is 3.13. The number of benzene rings is 1. The minimum Gasteiger partial charge on any atom is -0.223 e.